The Balaban J connectivity index is 2.92. The van der Waals surface area contributed by atoms with Gasteiger partial charge in [-0.1, -0.05) is 25.6 Å². The molecule has 0 aromatic rings. The largest absolute Gasteiger partial charge is 0.391 e. The fraction of sp³-hybridized carbons (Fsp3) is 0.800. The second-order valence-corrected chi connectivity index (χ2v) is 5.87. The summed E-state index contributed by atoms with van der Waals surface area (Å²) in [4.78, 5) is 23.3. The molecule has 0 saturated carbocycles. The zero-order valence-corrected chi connectivity index (χ0v) is 10.2. The molecule has 0 bridgehead atoms. The van der Waals surface area contributed by atoms with Gasteiger partial charge in [-0.15, -0.1) is 0 Å². The van der Waals surface area contributed by atoms with E-state index in [9.17, 15) is 14.7 Å². The molecule has 1 aliphatic rings. The Morgan fingerprint density at radius 3 is 2.47 bits per heavy atom. The lowest BCUT2D eigenvalue weighted by Crippen LogP contribution is -2.60. The van der Waals surface area contributed by atoms with Gasteiger partial charge < -0.3 is 10.4 Å². The van der Waals surface area contributed by atoms with E-state index in [-0.39, 0.29) is 16.9 Å². The lowest BCUT2D eigenvalue weighted by Gasteiger charge is -2.38. The van der Waals surface area contributed by atoms with Crippen LogP contribution in [0.3, 0.4) is 0 Å². The molecule has 5 heteroatoms. The molecule has 86 valence electrons. The molecular weight excluding hydrogens is 214 g/mol. The van der Waals surface area contributed by atoms with Crippen molar-refractivity contribution in [1.29, 1.82) is 0 Å². The third kappa shape index (κ3) is 2.18. The van der Waals surface area contributed by atoms with Gasteiger partial charge in [0.15, 0.2) is 0 Å². The highest BCUT2D eigenvalue weighted by molar-refractivity contribution is 8.15. The summed E-state index contributed by atoms with van der Waals surface area (Å²) >= 11 is 0.940. The number of rotatable bonds is 2. The molecule has 1 aliphatic heterocycles. The minimum atomic E-state index is -1.06. The van der Waals surface area contributed by atoms with Gasteiger partial charge in [0, 0.05) is 0 Å². The molecule has 1 saturated heterocycles. The maximum Gasteiger partial charge on any atom is 0.239 e. The first kappa shape index (κ1) is 12.5. The van der Waals surface area contributed by atoms with Crippen molar-refractivity contribution in [2.45, 2.75) is 44.6 Å². The Morgan fingerprint density at radius 1 is 1.47 bits per heavy atom. The highest BCUT2D eigenvalue weighted by atomic mass is 32.2. The van der Waals surface area contributed by atoms with Crippen LogP contribution in [0.15, 0.2) is 0 Å². The molecule has 0 aromatic carbocycles. The molecule has 2 N–H and O–H groups in total. The lowest BCUT2D eigenvalue weighted by molar-refractivity contribution is -0.130. The third-order valence-corrected chi connectivity index (χ3v) is 4.07. The number of hydrogen-bond acceptors (Lipinski definition) is 4. The van der Waals surface area contributed by atoms with Crippen molar-refractivity contribution in [3.63, 3.8) is 0 Å². The fourth-order valence-corrected chi connectivity index (χ4v) is 2.77. The van der Waals surface area contributed by atoms with Crippen LogP contribution in [0, 0.1) is 5.92 Å². The molecule has 15 heavy (non-hydrogen) atoms. The van der Waals surface area contributed by atoms with Gasteiger partial charge in [-0.05, 0) is 19.8 Å². The predicted molar refractivity (Wildman–Crippen MR) is 59.5 cm³/mol. The third-order valence-electron chi connectivity index (χ3n) is 2.66. The van der Waals surface area contributed by atoms with Crippen molar-refractivity contribution in [1.82, 2.24) is 5.32 Å². The first-order valence-electron chi connectivity index (χ1n) is 5.01. The van der Waals surface area contributed by atoms with E-state index in [2.05, 4.69) is 5.32 Å². The van der Waals surface area contributed by atoms with Crippen LogP contribution in [0.5, 0.6) is 0 Å². The Hall–Kier alpha value is -0.550. The van der Waals surface area contributed by atoms with E-state index in [0.29, 0.717) is 0 Å². The van der Waals surface area contributed by atoms with E-state index in [1.54, 1.807) is 13.8 Å². The van der Waals surface area contributed by atoms with Crippen LogP contribution < -0.4 is 5.32 Å². The maximum atomic E-state index is 11.8. The first-order chi connectivity index (χ1) is 6.79. The highest BCUT2D eigenvalue weighted by Gasteiger charge is 2.49. The summed E-state index contributed by atoms with van der Waals surface area (Å²) in [6.45, 7) is 6.91. The van der Waals surface area contributed by atoms with Crippen molar-refractivity contribution in [3.05, 3.63) is 0 Å². The van der Waals surface area contributed by atoms with Gasteiger partial charge >= 0.3 is 0 Å². The van der Waals surface area contributed by atoms with Gasteiger partial charge in [0.2, 0.25) is 11.0 Å². The molecule has 0 spiro atoms. The second kappa shape index (κ2) is 4.14. The Labute approximate surface area is 93.8 Å². The van der Waals surface area contributed by atoms with Gasteiger partial charge in [0.25, 0.3) is 0 Å². The first-order valence-corrected chi connectivity index (χ1v) is 5.82. The molecular formula is C10H17NO3S. The minimum Gasteiger partial charge on any atom is -0.391 e. The number of aliphatic hydroxyl groups excluding tert-OH is 1. The van der Waals surface area contributed by atoms with E-state index in [0.717, 1.165) is 11.8 Å². The molecule has 1 amide bonds. The van der Waals surface area contributed by atoms with Crippen molar-refractivity contribution in [2.75, 3.05) is 0 Å². The van der Waals surface area contributed by atoms with Crippen LogP contribution in [0.4, 0.5) is 0 Å². The molecule has 3 atom stereocenters. The van der Waals surface area contributed by atoms with Crippen molar-refractivity contribution < 1.29 is 14.7 Å². The number of carbonyl (C=O) groups is 2. The smallest absolute Gasteiger partial charge is 0.239 e. The Morgan fingerprint density at radius 2 is 2.00 bits per heavy atom. The second-order valence-electron chi connectivity index (χ2n) is 4.41. The number of hydrogen-bond donors (Lipinski definition) is 2. The highest BCUT2D eigenvalue weighted by Crippen LogP contribution is 2.36. The molecule has 1 rings (SSSR count). The molecule has 2 unspecified atom stereocenters. The van der Waals surface area contributed by atoms with Crippen LogP contribution >= 0.6 is 11.8 Å². The van der Waals surface area contributed by atoms with E-state index in [1.165, 1.54) is 0 Å². The summed E-state index contributed by atoms with van der Waals surface area (Å²) in [7, 11) is 0. The zero-order valence-electron chi connectivity index (χ0n) is 9.40. The maximum absolute atomic E-state index is 11.8. The topological polar surface area (TPSA) is 66.4 Å². The summed E-state index contributed by atoms with van der Waals surface area (Å²) in [6, 6.07) is -0.463. The van der Waals surface area contributed by atoms with Crippen molar-refractivity contribution in [2.24, 2.45) is 5.92 Å². The van der Waals surface area contributed by atoms with Crippen molar-refractivity contribution >= 4 is 22.8 Å². The molecule has 0 aliphatic carbocycles. The zero-order chi connectivity index (χ0) is 11.8. The van der Waals surface area contributed by atoms with Gasteiger partial charge in [-0.3, -0.25) is 9.59 Å². The van der Waals surface area contributed by atoms with Crippen LogP contribution in [-0.4, -0.2) is 33.0 Å². The summed E-state index contributed by atoms with van der Waals surface area (Å²) in [5, 5.41) is 12.4. The van der Waals surface area contributed by atoms with Crippen LogP contribution in [0.1, 0.15) is 27.7 Å². The minimum absolute atomic E-state index is 0.0607. The Bertz CT molecular complexity index is 292. The molecule has 0 radical (unpaired) electrons. The summed E-state index contributed by atoms with van der Waals surface area (Å²) in [5.41, 5.74) is 0. The van der Waals surface area contributed by atoms with Crippen molar-refractivity contribution in [3.8, 4) is 0 Å². The van der Waals surface area contributed by atoms with Gasteiger partial charge in [-0.2, -0.15) is 0 Å². The lowest BCUT2D eigenvalue weighted by atomic mass is 9.92. The molecule has 1 fully saturated rings. The number of thioether (sulfide) groups is 1. The van der Waals surface area contributed by atoms with Gasteiger partial charge in [0.1, 0.15) is 4.75 Å². The van der Waals surface area contributed by atoms with Gasteiger partial charge in [-0.25, -0.2) is 0 Å². The average molecular weight is 231 g/mol. The summed E-state index contributed by atoms with van der Waals surface area (Å²) < 4.78 is -1.06. The number of amides is 1. The summed E-state index contributed by atoms with van der Waals surface area (Å²) in [5.74, 6) is -0.324. The molecule has 0 aromatic heterocycles. The van der Waals surface area contributed by atoms with Crippen LogP contribution in [0.25, 0.3) is 0 Å². The van der Waals surface area contributed by atoms with E-state index in [1.807, 2.05) is 13.8 Å². The number of carbonyl (C=O) groups excluding carboxylic acids is 2. The quantitative estimate of drug-likeness (QED) is 0.728. The fourth-order valence-electron chi connectivity index (χ4n) is 1.57. The number of nitrogens with one attached hydrogen (secondary N) is 1. The van der Waals surface area contributed by atoms with Crippen LogP contribution in [0.2, 0.25) is 0 Å². The molecule has 1 heterocycles. The SMILES string of the molecule is CC1NC(=O)C(C)([C@@H](O)C(C)C)SC1=O. The Kier molecular flexibility index (Phi) is 3.45. The summed E-state index contributed by atoms with van der Waals surface area (Å²) in [6.07, 6.45) is -0.820. The normalized spacial score (nSPS) is 34.1. The van der Waals surface area contributed by atoms with E-state index >= 15 is 0 Å². The average Bonchev–Trinajstić information content (AvgIpc) is 2.13. The monoisotopic (exact) mass is 231 g/mol. The van der Waals surface area contributed by atoms with E-state index < -0.39 is 16.9 Å². The van der Waals surface area contributed by atoms with Crippen LogP contribution in [-0.2, 0) is 9.59 Å². The standard InChI is InChI=1S/C10H17NO3S/c1-5(2)7(12)10(4)9(14)11-6(3)8(13)15-10/h5-7,12H,1-4H3,(H,11,14)/t6?,7-,10?/m0/s1. The molecule has 4 nitrogen and oxygen atoms in total. The van der Waals surface area contributed by atoms with Gasteiger partial charge in [0.05, 0.1) is 12.1 Å². The predicted octanol–water partition coefficient (Wildman–Crippen LogP) is 0.540. The van der Waals surface area contributed by atoms with E-state index in [4.69, 9.17) is 0 Å². The number of aliphatic hydroxyl groups is 1.